The van der Waals surface area contributed by atoms with E-state index in [-0.39, 0.29) is 0 Å². The van der Waals surface area contributed by atoms with Crippen LogP contribution in [-0.2, 0) is 13.1 Å². The molecule has 30 heavy (non-hydrogen) atoms. The fourth-order valence-corrected chi connectivity index (χ4v) is 4.83. The molecule has 0 radical (unpaired) electrons. The zero-order valence-electron chi connectivity index (χ0n) is 17.4. The van der Waals surface area contributed by atoms with E-state index in [4.69, 9.17) is 17.3 Å². The van der Waals surface area contributed by atoms with E-state index in [1.807, 2.05) is 29.2 Å². The molecular weight excluding hydrogens is 390 g/mol. The van der Waals surface area contributed by atoms with Gasteiger partial charge in [0.05, 0.1) is 6.67 Å². The predicted octanol–water partition coefficient (Wildman–Crippen LogP) is 5.11. The molecule has 2 aliphatic rings. The Kier molecular flexibility index (Phi) is 5.77. The van der Waals surface area contributed by atoms with Gasteiger partial charge in [0.15, 0.2) is 10.6 Å². The molecule has 0 atom stereocenters. The average Bonchev–Trinajstić information content (AvgIpc) is 3.59. The van der Waals surface area contributed by atoms with Crippen molar-refractivity contribution in [2.45, 2.75) is 51.2 Å². The second-order valence-electron chi connectivity index (χ2n) is 8.67. The second-order valence-corrected chi connectivity index (χ2v) is 9.04. The third kappa shape index (κ3) is 4.40. The molecule has 0 unspecified atom stereocenters. The highest BCUT2D eigenvalue weighted by Crippen LogP contribution is 2.38. The molecule has 1 saturated carbocycles. The first-order chi connectivity index (χ1) is 14.8. The molecular formula is C24H29N5S. The lowest BCUT2D eigenvalue weighted by atomic mass is 9.91. The summed E-state index contributed by atoms with van der Waals surface area (Å²) < 4.78 is 5.15. The van der Waals surface area contributed by atoms with Gasteiger partial charge in [-0.3, -0.25) is 14.5 Å². The number of hydrogen-bond donors (Lipinski definition) is 0. The van der Waals surface area contributed by atoms with Crippen molar-refractivity contribution in [3.8, 4) is 11.4 Å². The fraction of sp³-hybridized carbons (Fsp3) is 0.458. The molecule has 0 amide bonds. The quantitative estimate of drug-likeness (QED) is 0.499. The van der Waals surface area contributed by atoms with Crippen molar-refractivity contribution in [3.63, 3.8) is 0 Å². The Hall–Kier alpha value is -2.31. The maximum atomic E-state index is 5.84. The van der Waals surface area contributed by atoms with Gasteiger partial charge in [-0.1, -0.05) is 30.3 Å². The molecule has 1 aliphatic heterocycles. The SMILES string of the molecule is S=c1n(CN2CCC(CCc3ccccc3)CC2)nc(-c2ccncc2)n1C1CC1. The Morgan fingerprint density at radius 2 is 1.67 bits per heavy atom. The molecule has 5 nitrogen and oxygen atoms in total. The summed E-state index contributed by atoms with van der Waals surface area (Å²) in [4.78, 5) is 6.66. The molecule has 5 rings (SSSR count). The van der Waals surface area contributed by atoms with Gasteiger partial charge in [0.25, 0.3) is 0 Å². The number of piperidine rings is 1. The molecule has 1 aliphatic carbocycles. The summed E-state index contributed by atoms with van der Waals surface area (Å²) in [5, 5.41) is 4.94. The van der Waals surface area contributed by atoms with Crippen molar-refractivity contribution in [3.05, 3.63) is 65.2 Å². The number of hydrogen-bond acceptors (Lipinski definition) is 4. The molecule has 3 heterocycles. The van der Waals surface area contributed by atoms with Gasteiger partial charge in [-0.25, -0.2) is 4.68 Å². The highest BCUT2D eigenvalue weighted by molar-refractivity contribution is 7.71. The van der Waals surface area contributed by atoms with Gasteiger partial charge in [0, 0.05) is 37.1 Å². The Balaban J connectivity index is 1.22. The highest BCUT2D eigenvalue weighted by Gasteiger charge is 2.29. The summed E-state index contributed by atoms with van der Waals surface area (Å²) in [5.74, 6) is 1.81. The molecule has 1 saturated heterocycles. The summed E-state index contributed by atoms with van der Waals surface area (Å²) in [6.45, 7) is 3.05. The van der Waals surface area contributed by atoms with Gasteiger partial charge in [-0.2, -0.15) is 5.10 Å². The number of benzene rings is 1. The van der Waals surface area contributed by atoms with Crippen molar-refractivity contribution in [1.29, 1.82) is 0 Å². The number of pyridine rings is 1. The fourth-order valence-electron chi connectivity index (χ4n) is 4.49. The number of aryl methyl sites for hydroxylation is 1. The van der Waals surface area contributed by atoms with E-state index in [0.29, 0.717) is 6.04 Å². The third-order valence-corrected chi connectivity index (χ3v) is 6.85. The smallest absolute Gasteiger partial charge is 0.199 e. The van der Waals surface area contributed by atoms with Gasteiger partial charge >= 0.3 is 0 Å². The van der Waals surface area contributed by atoms with Crippen LogP contribution < -0.4 is 0 Å². The van der Waals surface area contributed by atoms with Crippen molar-refractivity contribution in [2.75, 3.05) is 13.1 Å². The van der Waals surface area contributed by atoms with Crippen molar-refractivity contribution >= 4 is 12.2 Å². The minimum Gasteiger partial charge on any atom is -0.297 e. The molecule has 0 bridgehead atoms. The van der Waals surface area contributed by atoms with Gasteiger partial charge in [0.1, 0.15) is 0 Å². The van der Waals surface area contributed by atoms with Gasteiger partial charge in [-0.05, 0) is 74.4 Å². The number of likely N-dealkylation sites (tertiary alicyclic amines) is 1. The van der Waals surface area contributed by atoms with E-state index in [0.717, 1.165) is 41.8 Å². The zero-order chi connectivity index (χ0) is 20.3. The molecule has 156 valence electrons. The number of rotatable bonds is 7. The monoisotopic (exact) mass is 419 g/mol. The Morgan fingerprint density at radius 1 is 0.933 bits per heavy atom. The van der Waals surface area contributed by atoms with Crippen molar-refractivity contribution in [2.24, 2.45) is 5.92 Å². The number of nitrogens with zero attached hydrogens (tertiary/aromatic N) is 5. The predicted molar refractivity (Wildman–Crippen MR) is 122 cm³/mol. The van der Waals surface area contributed by atoms with E-state index >= 15 is 0 Å². The first-order valence-electron chi connectivity index (χ1n) is 11.1. The third-order valence-electron chi connectivity index (χ3n) is 6.45. The van der Waals surface area contributed by atoms with Crippen LogP contribution in [-0.4, -0.2) is 37.3 Å². The lowest BCUT2D eigenvalue weighted by molar-refractivity contribution is 0.136. The number of aromatic nitrogens is 4. The minimum atomic E-state index is 0.512. The first-order valence-corrected chi connectivity index (χ1v) is 11.5. The van der Waals surface area contributed by atoms with Crippen molar-refractivity contribution < 1.29 is 0 Å². The standard InChI is InChI=1S/C24H29N5S/c30-24-28(26-23(29(24)22-8-9-22)21-10-14-25-15-11-21)18-27-16-12-20(13-17-27)7-6-19-4-2-1-3-5-19/h1-5,10-11,14-15,20,22H,6-9,12-13,16-18H2. The largest absolute Gasteiger partial charge is 0.297 e. The molecule has 0 spiro atoms. The van der Waals surface area contributed by atoms with Crippen LogP contribution in [0.1, 0.15) is 43.7 Å². The topological polar surface area (TPSA) is 38.9 Å². The molecule has 3 aromatic rings. The summed E-state index contributed by atoms with van der Waals surface area (Å²) in [7, 11) is 0. The van der Waals surface area contributed by atoms with Crippen LogP contribution in [0.2, 0.25) is 0 Å². The van der Waals surface area contributed by atoms with E-state index in [1.165, 1.54) is 44.1 Å². The highest BCUT2D eigenvalue weighted by atomic mass is 32.1. The van der Waals surface area contributed by atoms with Crippen LogP contribution in [0.4, 0.5) is 0 Å². The van der Waals surface area contributed by atoms with Crippen LogP contribution in [0.15, 0.2) is 54.9 Å². The van der Waals surface area contributed by atoms with Crippen LogP contribution >= 0.6 is 12.2 Å². The Morgan fingerprint density at radius 3 is 2.37 bits per heavy atom. The van der Waals surface area contributed by atoms with Crippen LogP contribution in [0.3, 0.4) is 0 Å². The Labute approximate surface area is 183 Å². The first kappa shape index (κ1) is 19.6. The second kappa shape index (κ2) is 8.82. The molecule has 6 heteroatoms. The average molecular weight is 420 g/mol. The van der Waals surface area contributed by atoms with Gasteiger partial charge < -0.3 is 0 Å². The van der Waals surface area contributed by atoms with Crippen LogP contribution in [0, 0.1) is 10.7 Å². The summed E-state index contributed by atoms with van der Waals surface area (Å²) >= 11 is 5.84. The molecule has 0 N–H and O–H groups in total. The van der Waals surface area contributed by atoms with E-state index < -0.39 is 0 Å². The molecule has 1 aromatic carbocycles. The Bertz CT molecular complexity index is 1010. The van der Waals surface area contributed by atoms with Gasteiger partial charge in [-0.15, -0.1) is 0 Å². The zero-order valence-corrected chi connectivity index (χ0v) is 18.2. The van der Waals surface area contributed by atoms with Crippen molar-refractivity contribution in [1.82, 2.24) is 24.2 Å². The maximum absolute atomic E-state index is 5.84. The van der Waals surface area contributed by atoms with E-state index in [2.05, 4.69) is 44.8 Å². The van der Waals surface area contributed by atoms with Crippen LogP contribution in [0.25, 0.3) is 11.4 Å². The molecule has 2 fully saturated rings. The summed E-state index contributed by atoms with van der Waals surface area (Å²) in [6.07, 6.45) is 11.1. The normalized spacial score (nSPS) is 18.0. The van der Waals surface area contributed by atoms with E-state index in [1.54, 1.807) is 0 Å². The molecule has 2 aromatic heterocycles. The summed E-state index contributed by atoms with van der Waals surface area (Å²) in [6, 6.07) is 15.4. The lowest BCUT2D eigenvalue weighted by Crippen LogP contribution is -2.35. The van der Waals surface area contributed by atoms with Crippen LogP contribution in [0.5, 0.6) is 0 Å². The van der Waals surface area contributed by atoms with Gasteiger partial charge in [0.2, 0.25) is 0 Å². The lowest BCUT2D eigenvalue weighted by Gasteiger charge is -2.31. The van der Waals surface area contributed by atoms with E-state index in [9.17, 15) is 0 Å². The minimum absolute atomic E-state index is 0.512. The maximum Gasteiger partial charge on any atom is 0.199 e. The summed E-state index contributed by atoms with van der Waals surface area (Å²) in [5.41, 5.74) is 2.56.